The quantitative estimate of drug-likeness (QED) is 0.440. The summed E-state index contributed by atoms with van der Waals surface area (Å²) >= 11 is 0. The van der Waals surface area contributed by atoms with Crippen LogP contribution in [0.1, 0.15) is 6.92 Å². The Hall–Kier alpha value is -0.570. The molecule has 0 saturated carbocycles. The largest absolute Gasteiger partial charge is 0.338 e. The minimum atomic E-state index is -0.141. The lowest BCUT2D eigenvalue weighted by Crippen LogP contribution is -2.20. The van der Waals surface area contributed by atoms with E-state index in [0.717, 1.165) is 6.67 Å². The van der Waals surface area contributed by atoms with Gasteiger partial charge in [0.2, 0.25) is 5.91 Å². The summed E-state index contributed by atoms with van der Waals surface area (Å²) in [5.41, 5.74) is 4.77. The summed E-state index contributed by atoms with van der Waals surface area (Å²) in [5, 5.41) is 2.22. The molecule has 1 radical (unpaired) electrons. The van der Waals surface area contributed by atoms with Crippen LogP contribution in [0.25, 0.3) is 0 Å². The van der Waals surface area contributed by atoms with E-state index in [9.17, 15) is 4.79 Å². The molecule has 0 aromatic heterocycles. The highest BCUT2D eigenvalue weighted by molar-refractivity contribution is 5.73. The van der Waals surface area contributed by atoms with Crippen LogP contribution in [0.3, 0.4) is 0 Å². The molecule has 0 aliphatic rings. The second-order valence-electron chi connectivity index (χ2n) is 0.867. The van der Waals surface area contributed by atoms with E-state index in [4.69, 9.17) is 5.73 Å². The lowest BCUT2D eigenvalue weighted by atomic mass is 10.7. The highest BCUT2D eigenvalue weighted by atomic mass is 16.1. The zero-order chi connectivity index (χ0) is 4.99. The fraction of sp³-hybridized carbons (Fsp3) is 0.333. The number of rotatable bonds is 1. The lowest BCUT2D eigenvalue weighted by molar-refractivity contribution is -0.118. The molecule has 1 amide bonds. The Morgan fingerprint density at radius 3 is 2.50 bits per heavy atom. The molecule has 0 unspecified atom stereocenters. The molecule has 0 fully saturated rings. The first-order valence-electron chi connectivity index (χ1n) is 1.58. The van der Waals surface area contributed by atoms with Gasteiger partial charge in [0.1, 0.15) is 6.67 Å². The average molecular weight is 87.1 g/mol. The predicted octanol–water partition coefficient (Wildman–Crippen LogP) is -0.800. The molecule has 0 aromatic rings. The Kier molecular flexibility index (Phi) is 2.40. The molecule has 0 heterocycles. The fourth-order valence-corrected chi connectivity index (χ4v) is 0.117. The molecular weight excluding hydrogens is 80.0 g/mol. The van der Waals surface area contributed by atoms with Crippen LogP contribution in [0.4, 0.5) is 0 Å². The van der Waals surface area contributed by atoms with Gasteiger partial charge in [-0.05, 0) is 0 Å². The summed E-state index contributed by atoms with van der Waals surface area (Å²) in [6, 6.07) is 0. The summed E-state index contributed by atoms with van der Waals surface area (Å²) in [6.07, 6.45) is 0. The number of nitrogens with one attached hydrogen (secondary N) is 1. The summed E-state index contributed by atoms with van der Waals surface area (Å²) in [6.45, 7) is 2.49. The van der Waals surface area contributed by atoms with Crippen molar-refractivity contribution in [2.24, 2.45) is 5.73 Å². The van der Waals surface area contributed by atoms with E-state index >= 15 is 0 Å². The Balaban J connectivity index is 2.83. The SMILES string of the molecule is CC(=O)N[CH]N. The first kappa shape index (κ1) is 5.43. The maximum Gasteiger partial charge on any atom is 0.218 e. The minimum Gasteiger partial charge on any atom is -0.338 e. The van der Waals surface area contributed by atoms with Crippen molar-refractivity contribution in [3.63, 3.8) is 0 Å². The van der Waals surface area contributed by atoms with Crippen molar-refractivity contribution in [3.05, 3.63) is 6.67 Å². The average Bonchev–Trinajstić information content (AvgIpc) is 1.35. The van der Waals surface area contributed by atoms with E-state index in [-0.39, 0.29) is 5.91 Å². The number of hydrogen-bond acceptors (Lipinski definition) is 2. The Morgan fingerprint density at radius 2 is 2.50 bits per heavy atom. The van der Waals surface area contributed by atoms with Crippen LogP contribution in [0, 0.1) is 6.67 Å². The molecule has 3 N–H and O–H groups in total. The second-order valence-corrected chi connectivity index (χ2v) is 0.867. The zero-order valence-electron chi connectivity index (χ0n) is 3.56. The van der Waals surface area contributed by atoms with Gasteiger partial charge < -0.3 is 11.1 Å². The number of amides is 1. The van der Waals surface area contributed by atoms with E-state index in [1.165, 1.54) is 6.92 Å². The molecule has 0 aliphatic carbocycles. The fourth-order valence-electron chi connectivity index (χ4n) is 0.117. The summed E-state index contributed by atoms with van der Waals surface area (Å²) in [5.74, 6) is -0.141. The van der Waals surface area contributed by atoms with Crippen LogP contribution in [-0.4, -0.2) is 5.91 Å². The van der Waals surface area contributed by atoms with Gasteiger partial charge in [-0.25, -0.2) is 0 Å². The van der Waals surface area contributed by atoms with Crippen molar-refractivity contribution in [2.45, 2.75) is 6.92 Å². The van der Waals surface area contributed by atoms with Gasteiger partial charge in [-0.3, -0.25) is 4.79 Å². The Labute approximate surface area is 36.5 Å². The Morgan fingerprint density at radius 1 is 2.00 bits per heavy atom. The van der Waals surface area contributed by atoms with Crippen LogP contribution in [0.15, 0.2) is 0 Å². The summed E-state index contributed by atoms with van der Waals surface area (Å²) in [7, 11) is 0. The maximum atomic E-state index is 9.82. The number of hydrogen-bond donors (Lipinski definition) is 2. The number of carbonyl (C=O) groups is 1. The first-order chi connectivity index (χ1) is 2.77. The third-order valence-electron chi connectivity index (χ3n) is 0.287. The Bertz CT molecular complexity index is 52.8. The molecule has 6 heavy (non-hydrogen) atoms. The predicted molar refractivity (Wildman–Crippen MR) is 22.3 cm³/mol. The number of nitrogens with two attached hydrogens (primary N) is 1. The first-order valence-corrected chi connectivity index (χ1v) is 1.58. The molecule has 0 spiro atoms. The monoisotopic (exact) mass is 87.1 g/mol. The summed E-state index contributed by atoms with van der Waals surface area (Å²) in [4.78, 5) is 9.82. The minimum absolute atomic E-state index is 0.141. The third kappa shape index (κ3) is 3.43. The lowest BCUT2D eigenvalue weighted by Gasteiger charge is -1.88. The highest BCUT2D eigenvalue weighted by Gasteiger charge is 1.79. The van der Waals surface area contributed by atoms with Gasteiger partial charge >= 0.3 is 0 Å². The van der Waals surface area contributed by atoms with E-state index in [0.29, 0.717) is 0 Å². The third-order valence-corrected chi connectivity index (χ3v) is 0.287. The normalized spacial score (nSPS) is 7.67. The van der Waals surface area contributed by atoms with Crippen LogP contribution in [0.5, 0.6) is 0 Å². The number of carbonyl (C=O) groups excluding carboxylic acids is 1. The van der Waals surface area contributed by atoms with Gasteiger partial charge in [0, 0.05) is 6.92 Å². The standard InChI is InChI=1S/C3H7N2O/c1-3(6)5-2-4/h2H,4H2,1H3,(H,5,6). The van der Waals surface area contributed by atoms with Crippen molar-refractivity contribution in [2.75, 3.05) is 0 Å². The molecule has 0 atom stereocenters. The van der Waals surface area contributed by atoms with Gasteiger partial charge in [-0.15, -0.1) is 0 Å². The van der Waals surface area contributed by atoms with Crippen molar-refractivity contribution in [1.29, 1.82) is 0 Å². The van der Waals surface area contributed by atoms with E-state index in [1.54, 1.807) is 0 Å². The smallest absolute Gasteiger partial charge is 0.218 e. The van der Waals surface area contributed by atoms with Gasteiger partial charge in [0.05, 0.1) is 0 Å². The molecular formula is C3H7N2O. The molecule has 0 saturated heterocycles. The van der Waals surface area contributed by atoms with E-state index in [1.807, 2.05) is 0 Å². The molecule has 3 nitrogen and oxygen atoms in total. The molecule has 35 valence electrons. The molecule has 0 aliphatic heterocycles. The second kappa shape index (κ2) is 2.66. The van der Waals surface area contributed by atoms with Gasteiger partial charge in [-0.1, -0.05) is 0 Å². The van der Waals surface area contributed by atoms with Crippen LogP contribution in [-0.2, 0) is 4.79 Å². The van der Waals surface area contributed by atoms with Gasteiger partial charge in [0.25, 0.3) is 0 Å². The van der Waals surface area contributed by atoms with Gasteiger partial charge in [-0.2, -0.15) is 0 Å². The van der Waals surface area contributed by atoms with Crippen molar-refractivity contribution >= 4 is 5.91 Å². The topological polar surface area (TPSA) is 55.1 Å². The van der Waals surface area contributed by atoms with E-state index in [2.05, 4.69) is 5.32 Å². The zero-order valence-corrected chi connectivity index (χ0v) is 3.56. The van der Waals surface area contributed by atoms with E-state index < -0.39 is 0 Å². The van der Waals surface area contributed by atoms with Crippen molar-refractivity contribution in [3.8, 4) is 0 Å². The van der Waals surface area contributed by atoms with Gasteiger partial charge in [0.15, 0.2) is 0 Å². The van der Waals surface area contributed by atoms with Crippen molar-refractivity contribution < 1.29 is 4.79 Å². The highest BCUT2D eigenvalue weighted by Crippen LogP contribution is 1.53. The summed E-state index contributed by atoms with van der Waals surface area (Å²) < 4.78 is 0. The van der Waals surface area contributed by atoms with Crippen molar-refractivity contribution in [1.82, 2.24) is 5.32 Å². The molecule has 0 rings (SSSR count). The maximum absolute atomic E-state index is 9.82. The molecule has 0 aromatic carbocycles. The van der Waals surface area contributed by atoms with Crippen LogP contribution >= 0.6 is 0 Å². The molecule has 3 heteroatoms. The molecule has 0 bridgehead atoms. The van der Waals surface area contributed by atoms with Crippen LogP contribution in [0.2, 0.25) is 0 Å². The van der Waals surface area contributed by atoms with Crippen LogP contribution < -0.4 is 11.1 Å².